The molecule has 1 unspecified atom stereocenters. The van der Waals surface area contributed by atoms with Gasteiger partial charge in [-0.15, -0.1) is 0 Å². The summed E-state index contributed by atoms with van der Waals surface area (Å²) in [4.78, 5) is 0. The molecule has 0 saturated carbocycles. The first-order valence-electron chi connectivity index (χ1n) is 4.53. The largest absolute Gasteiger partial charge is 0.379 e. The number of hydrogen-bond acceptors (Lipinski definition) is 3. The summed E-state index contributed by atoms with van der Waals surface area (Å²) in [6, 6.07) is 0. The first-order valence-corrected chi connectivity index (χ1v) is 4.53. The lowest BCUT2D eigenvalue weighted by molar-refractivity contribution is 0.169. The van der Waals surface area contributed by atoms with Gasteiger partial charge in [0.05, 0.1) is 6.61 Å². The minimum absolute atomic E-state index is 0.133. The van der Waals surface area contributed by atoms with E-state index in [0.717, 1.165) is 26.2 Å². The van der Waals surface area contributed by atoms with Crippen LogP contribution in [-0.2, 0) is 4.74 Å². The van der Waals surface area contributed by atoms with Gasteiger partial charge in [-0.2, -0.15) is 0 Å². The van der Waals surface area contributed by atoms with Gasteiger partial charge in [0, 0.05) is 24.2 Å². The minimum atomic E-state index is -0.133. The van der Waals surface area contributed by atoms with Crippen LogP contribution in [0.2, 0.25) is 0 Å². The molecule has 1 rings (SSSR count). The maximum atomic E-state index is 5.87. The monoisotopic (exact) mass is 172 g/mol. The summed E-state index contributed by atoms with van der Waals surface area (Å²) in [6.07, 6.45) is 1.09. The second-order valence-electron chi connectivity index (χ2n) is 4.71. The van der Waals surface area contributed by atoms with Gasteiger partial charge in [-0.1, -0.05) is 0 Å². The molecular weight excluding hydrogens is 152 g/mol. The summed E-state index contributed by atoms with van der Waals surface area (Å²) in [7, 11) is 0. The van der Waals surface area contributed by atoms with Crippen molar-refractivity contribution in [1.29, 1.82) is 0 Å². The fraction of sp³-hybridized carbons (Fsp3) is 1.00. The van der Waals surface area contributed by atoms with E-state index in [1.807, 2.05) is 13.8 Å². The maximum Gasteiger partial charge on any atom is 0.0646 e. The van der Waals surface area contributed by atoms with Gasteiger partial charge in [0.1, 0.15) is 0 Å². The minimum Gasteiger partial charge on any atom is -0.379 e. The van der Waals surface area contributed by atoms with Crippen LogP contribution >= 0.6 is 0 Å². The molecule has 3 N–H and O–H groups in total. The number of ether oxygens (including phenoxy) is 1. The zero-order valence-corrected chi connectivity index (χ0v) is 8.31. The highest BCUT2D eigenvalue weighted by Crippen LogP contribution is 2.17. The van der Waals surface area contributed by atoms with E-state index in [9.17, 15) is 0 Å². The summed E-state index contributed by atoms with van der Waals surface area (Å²) in [6.45, 7) is 8.76. The third-order valence-electron chi connectivity index (χ3n) is 2.19. The number of rotatable bonds is 3. The van der Waals surface area contributed by atoms with E-state index >= 15 is 0 Å². The van der Waals surface area contributed by atoms with Gasteiger partial charge in [-0.25, -0.2) is 0 Å². The molecule has 0 spiro atoms. The summed E-state index contributed by atoms with van der Waals surface area (Å²) < 4.78 is 5.32. The second-order valence-corrected chi connectivity index (χ2v) is 4.71. The zero-order valence-electron chi connectivity index (χ0n) is 8.31. The Hall–Kier alpha value is -0.120. The van der Waals surface area contributed by atoms with Crippen molar-refractivity contribution in [2.24, 2.45) is 5.73 Å². The molecule has 0 aliphatic carbocycles. The number of nitrogens with one attached hydrogen (secondary N) is 1. The Morgan fingerprint density at radius 1 is 1.58 bits per heavy atom. The molecule has 1 fully saturated rings. The van der Waals surface area contributed by atoms with Crippen LogP contribution in [0.4, 0.5) is 0 Å². The summed E-state index contributed by atoms with van der Waals surface area (Å²) >= 11 is 0. The summed E-state index contributed by atoms with van der Waals surface area (Å²) in [5.41, 5.74) is 5.89. The van der Waals surface area contributed by atoms with Gasteiger partial charge in [0.25, 0.3) is 0 Å². The highest BCUT2D eigenvalue weighted by Gasteiger charge is 2.30. The lowest BCUT2D eigenvalue weighted by Gasteiger charge is -2.28. The van der Waals surface area contributed by atoms with Crippen LogP contribution in [0.25, 0.3) is 0 Å². The summed E-state index contributed by atoms with van der Waals surface area (Å²) in [5, 5.41) is 3.45. The molecule has 1 atom stereocenters. The average molecular weight is 172 g/mol. The molecule has 1 aliphatic heterocycles. The lowest BCUT2D eigenvalue weighted by atomic mass is 9.99. The number of nitrogens with two attached hydrogens (primary N) is 1. The van der Waals surface area contributed by atoms with Gasteiger partial charge < -0.3 is 15.8 Å². The molecule has 72 valence electrons. The van der Waals surface area contributed by atoms with Crippen molar-refractivity contribution in [3.8, 4) is 0 Å². The van der Waals surface area contributed by atoms with Crippen LogP contribution in [-0.4, -0.2) is 30.8 Å². The second kappa shape index (κ2) is 3.32. The first-order chi connectivity index (χ1) is 5.41. The average Bonchev–Trinajstić information content (AvgIpc) is 2.32. The standard InChI is InChI=1S/C9H20N2O/c1-8(2,10)6-11-9(3)4-5-12-7-9/h11H,4-7,10H2,1-3H3. The van der Waals surface area contributed by atoms with E-state index in [0.29, 0.717) is 0 Å². The lowest BCUT2D eigenvalue weighted by Crippen LogP contribution is -2.52. The molecule has 0 radical (unpaired) electrons. The molecule has 0 aromatic rings. The molecule has 3 nitrogen and oxygen atoms in total. The highest BCUT2D eigenvalue weighted by molar-refractivity contribution is 4.89. The topological polar surface area (TPSA) is 47.3 Å². The molecule has 3 heteroatoms. The van der Waals surface area contributed by atoms with Crippen molar-refractivity contribution >= 4 is 0 Å². The Bertz CT molecular complexity index is 145. The molecule has 0 aromatic carbocycles. The van der Waals surface area contributed by atoms with E-state index in [2.05, 4.69) is 12.2 Å². The molecule has 1 aliphatic rings. The Morgan fingerprint density at radius 2 is 2.25 bits per heavy atom. The normalized spacial score (nSPS) is 31.0. The van der Waals surface area contributed by atoms with Crippen LogP contribution < -0.4 is 11.1 Å². The molecule has 1 heterocycles. The summed E-state index contributed by atoms with van der Waals surface area (Å²) in [5.74, 6) is 0. The predicted molar refractivity (Wildman–Crippen MR) is 50.1 cm³/mol. The van der Waals surface area contributed by atoms with E-state index in [4.69, 9.17) is 10.5 Å². The Kier molecular flexibility index (Phi) is 2.76. The molecule has 12 heavy (non-hydrogen) atoms. The van der Waals surface area contributed by atoms with E-state index in [1.165, 1.54) is 0 Å². The smallest absolute Gasteiger partial charge is 0.0646 e. The predicted octanol–water partition coefficient (Wildman–Crippen LogP) is 0.492. The fourth-order valence-corrected chi connectivity index (χ4v) is 1.25. The molecule has 0 aromatic heterocycles. The first kappa shape index (κ1) is 9.96. The third kappa shape index (κ3) is 3.09. The van der Waals surface area contributed by atoms with Crippen molar-refractivity contribution in [2.45, 2.75) is 38.3 Å². The van der Waals surface area contributed by atoms with Crippen LogP contribution in [0.15, 0.2) is 0 Å². The maximum absolute atomic E-state index is 5.87. The Balaban J connectivity index is 2.30. The van der Waals surface area contributed by atoms with Crippen molar-refractivity contribution in [1.82, 2.24) is 5.32 Å². The molecular formula is C9H20N2O. The van der Waals surface area contributed by atoms with Crippen molar-refractivity contribution in [2.75, 3.05) is 19.8 Å². The van der Waals surface area contributed by atoms with Crippen molar-refractivity contribution in [3.05, 3.63) is 0 Å². The van der Waals surface area contributed by atoms with Crippen LogP contribution in [0.1, 0.15) is 27.2 Å². The van der Waals surface area contributed by atoms with E-state index in [-0.39, 0.29) is 11.1 Å². The van der Waals surface area contributed by atoms with Crippen LogP contribution in [0.3, 0.4) is 0 Å². The third-order valence-corrected chi connectivity index (χ3v) is 2.19. The Morgan fingerprint density at radius 3 is 2.67 bits per heavy atom. The van der Waals surface area contributed by atoms with E-state index in [1.54, 1.807) is 0 Å². The SMILES string of the molecule is CC(C)(N)CNC1(C)CCOC1. The van der Waals surface area contributed by atoms with Crippen molar-refractivity contribution < 1.29 is 4.74 Å². The zero-order chi connectivity index (χ0) is 9.24. The number of hydrogen-bond donors (Lipinski definition) is 2. The van der Waals surface area contributed by atoms with Gasteiger partial charge in [-0.05, 0) is 27.2 Å². The molecule has 0 bridgehead atoms. The Labute approximate surface area is 74.7 Å². The van der Waals surface area contributed by atoms with Crippen LogP contribution in [0.5, 0.6) is 0 Å². The van der Waals surface area contributed by atoms with Crippen LogP contribution in [0, 0.1) is 0 Å². The fourth-order valence-electron chi connectivity index (χ4n) is 1.25. The van der Waals surface area contributed by atoms with Gasteiger partial charge in [0.2, 0.25) is 0 Å². The molecule has 1 saturated heterocycles. The quantitative estimate of drug-likeness (QED) is 0.651. The van der Waals surface area contributed by atoms with Gasteiger partial charge in [0.15, 0.2) is 0 Å². The highest BCUT2D eigenvalue weighted by atomic mass is 16.5. The van der Waals surface area contributed by atoms with Gasteiger partial charge >= 0.3 is 0 Å². The van der Waals surface area contributed by atoms with Crippen molar-refractivity contribution in [3.63, 3.8) is 0 Å². The molecule has 0 amide bonds. The van der Waals surface area contributed by atoms with Gasteiger partial charge in [-0.3, -0.25) is 0 Å². The van der Waals surface area contributed by atoms with E-state index < -0.39 is 0 Å².